The third-order valence-corrected chi connectivity index (χ3v) is 2.56. The third kappa shape index (κ3) is 5.21. The molecule has 0 unspecified atom stereocenters. The van der Waals surface area contributed by atoms with Crippen LogP contribution in [-0.2, 0) is 9.47 Å². The molecule has 0 amide bonds. The van der Waals surface area contributed by atoms with E-state index in [1.165, 1.54) is 12.1 Å². The topological polar surface area (TPSA) is 30.5 Å². The number of halogens is 2. The van der Waals surface area contributed by atoms with E-state index < -0.39 is 0 Å². The van der Waals surface area contributed by atoms with E-state index in [1.54, 1.807) is 6.07 Å². The fraction of sp³-hybridized carbons (Fsp3) is 0.538. The second-order valence-corrected chi connectivity index (χ2v) is 4.12. The Morgan fingerprint density at radius 1 is 1.28 bits per heavy atom. The maximum atomic E-state index is 13.4. The Balaban J connectivity index is 2.41. The molecule has 1 N–H and O–H groups in total. The largest absolute Gasteiger partial charge is 0.382 e. The Labute approximate surface area is 112 Å². The van der Waals surface area contributed by atoms with Crippen LogP contribution in [0.5, 0.6) is 0 Å². The molecule has 0 aliphatic rings. The van der Waals surface area contributed by atoms with Gasteiger partial charge in [0.25, 0.3) is 0 Å². The molecule has 0 aliphatic heterocycles. The minimum atomic E-state index is -0.316. The molecule has 0 atom stereocenters. The van der Waals surface area contributed by atoms with Gasteiger partial charge in [-0.3, -0.25) is 0 Å². The molecule has 18 heavy (non-hydrogen) atoms. The molecule has 1 aromatic rings. The van der Waals surface area contributed by atoms with Gasteiger partial charge in [0.2, 0.25) is 0 Å². The van der Waals surface area contributed by atoms with Crippen LogP contribution in [0.1, 0.15) is 20.3 Å². The normalized spacial score (nSPS) is 10.9. The lowest BCUT2D eigenvalue weighted by Crippen LogP contribution is -2.21. The molecule has 0 spiro atoms. The van der Waals surface area contributed by atoms with Crippen LogP contribution in [0.25, 0.3) is 0 Å². The first-order valence-corrected chi connectivity index (χ1v) is 6.47. The first-order chi connectivity index (χ1) is 8.67. The second-order valence-electron chi connectivity index (χ2n) is 3.68. The van der Waals surface area contributed by atoms with Gasteiger partial charge in [0, 0.05) is 31.2 Å². The van der Waals surface area contributed by atoms with Crippen molar-refractivity contribution in [1.29, 1.82) is 0 Å². The standard InChI is InChI=1S/C13H19ClFNO2/c1-3-17-13(18-4-2)7-8-16-12-9-10(14)5-6-11(12)15/h5-6,9,13,16H,3-4,7-8H2,1-2H3. The first kappa shape index (κ1) is 15.2. The summed E-state index contributed by atoms with van der Waals surface area (Å²) in [6, 6.07) is 4.42. The van der Waals surface area contributed by atoms with Crippen LogP contribution < -0.4 is 5.32 Å². The second kappa shape index (κ2) is 8.29. The molecule has 1 aromatic carbocycles. The summed E-state index contributed by atoms with van der Waals surface area (Å²) in [7, 11) is 0. The molecule has 3 nitrogen and oxygen atoms in total. The summed E-state index contributed by atoms with van der Waals surface area (Å²) < 4.78 is 24.2. The summed E-state index contributed by atoms with van der Waals surface area (Å²) in [5.74, 6) is -0.316. The molecule has 1 rings (SSSR count). The fourth-order valence-electron chi connectivity index (χ4n) is 1.54. The fourth-order valence-corrected chi connectivity index (χ4v) is 1.72. The average molecular weight is 276 g/mol. The number of hydrogen-bond donors (Lipinski definition) is 1. The number of hydrogen-bond acceptors (Lipinski definition) is 3. The van der Waals surface area contributed by atoms with Gasteiger partial charge in [0.1, 0.15) is 5.82 Å². The van der Waals surface area contributed by atoms with Crippen LogP contribution in [0.4, 0.5) is 10.1 Å². The van der Waals surface area contributed by atoms with Crippen molar-refractivity contribution in [2.24, 2.45) is 0 Å². The Kier molecular flexibility index (Phi) is 7.01. The van der Waals surface area contributed by atoms with Crippen molar-refractivity contribution in [3.05, 3.63) is 29.0 Å². The van der Waals surface area contributed by atoms with Crippen LogP contribution in [0.2, 0.25) is 5.02 Å². The van der Waals surface area contributed by atoms with E-state index >= 15 is 0 Å². The number of ether oxygens (including phenoxy) is 2. The van der Waals surface area contributed by atoms with Gasteiger partial charge in [-0.25, -0.2) is 4.39 Å². The average Bonchev–Trinajstić information content (AvgIpc) is 2.34. The minimum Gasteiger partial charge on any atom is -0.382 e. The van der Waals surface area contributed by atoms with Gasteiger partial charge in [-0.15, -0.1) is 0 Å². The summed E-state index contributed by atoms with van der Waals surface area (Å²) in [5, 5.41) is 3.49. The molecule has 5 heteroatoms. The summed E-state index contributed by atoms with van der Waals surface area (Å²) in [6.45, 7) is 5.57. The number of anilines is 1. The van der Waals surface area contributed by atoms with Crippen molar-refractivity contribution in [3.8, 4) is 0 Å². The van der Waals surface area contributed by atoms with Gasteiger partial charge in [0.05, 0.1) is 5.69 Å². The number of rotatable bonds is 8. The molecule has 0 aromatic heterocycles. The van der Waals surface area contributed by atoms with Crippen LogP contribution >= 0.6 is 11.6 Å². The van der Waals surface area contributed by atoms with E-state index in [9.17, 15) is 4.39 Å². The Morgan fingerprint density at radius 2 is 1.94 bits per heavy atom. The lowest BCUT2D eigenvalue weighted by Gasteiger charge is -2.17. The highest BCUT2D eigenvalue weighted by Gasteiger charge is 2.08. The van der Waals surface area contributed by atoms with Crippen molar-refractivity contribution in [3.63, 3.8) is 0 Å². The van der Waals surface area contributed by atoms with Crippen LogP contribution in [0, 0.1) is 5.82 Å². The highest BCUT2D eigenvalue weighted by atomic mass is 35.5. The van der Waals surface area contributed by atoms with Gasteiger partial charge < -0.3 is 14.8 Å². The summed E-state index contributed by atoms with van der Waals surface area (Å²) in [4.78, 5) is 0. The molecule has 0 saturated heterocycles. The monoisotopic (exact) mass is 275 g/mol. The van der Waals surface area contributed by atoms with E-state index in [4.69, 9.17) is 21.1 Å². The summed E-state index contributed by atoms with van der Waals surface area (Å²) in [5.41, 5.74) is 0.397. The van der Waals surface area contributed by atoms with Crippen molar-refractivity contribution in [2.45, 2.75) is 26.6 Å². The zero-order chi connectivity index (χ0) is 13.4. The van der Waals surface area contributed by atoms with Crippen molar-refractivity contribution >= 4 is 17.3 Å². The van der Waals surface area contributed by atoms with Crippen molar-refractivity contribution in [2.75, 3.05) is 25.1 Å². The lowest BCUT2D eigenvalue weighted by atomic mass is 10.3. The predicted octanol–water partition coefficient (Wildman–Crippen LogP) is 3.68. The van der Waals surface area contributed by atoms with Crippen LogP contribution in [0.3, 0.4) is 0 Å². The van der Waals surface area contributed by atoms with E-state index in [0.29, 0.717) is 36.9 Å². The molecular formula is C13H19ClFNO2. The Morgan fingerprint density at radius 3 is 2.56 bits per heavy atom. The van der Waals surface area contributed by atoms with Crippen molar-refractivity contribution in [1.82, 2.24) is 0 Å². The van der Waals surface area contributed by atoms with Gasteiger partial charge in [0.15, 0.2) is 6.29 Å². The zero-order valence-corrected chi connectivity index (χ0v) is 11.5. The lowest BCUT2D eigenvalue weighted by molar-refractivity contribution is -0.137. The van der Waals surface area contributed by atoms with E-state index in [0.717, 1.165) is 0 Å². The molecule has 0 heterocycles. The van der Waals surface area contributed by atoms with Gasteiger partial charge >= 0.3 is 0 Å². The smallest absolute Gasteiger partial charge is 0.159 e. The quantitative estimate of drug-likeness (QED) is 0.734. The van der Waals surface area contributed by atoms with Gasteiger partial charge in [-0.1, -0.05) is 11.6 Å². The molecule has 0 aliphatic carbocycles. The third-order valence-electron chi connectivity index (χ3n) is 2.33. The number of nitrogens with one attached hydrogen (secondary N) is 1. The molecular weight excluding hydrogens is 257 g/mol. The van der Waals surface area contributed by atoms with Crippen LogP contribution in [-0.4, -0.2) is 26.0 Å². The summed E-state index contributed by atoms with van der Waals surface area (Å²) in [6.07, 6.45) is 0.392. The van der Waals surface area contributed by atoms with Gasteiger partial charge in [-0.05, 0) is 32.0 Å². The highest BCUT2D eigenvalue weighted by molar-refractivity contribution is 6.30. The Bertz CT molecular complexity index is 357. The first-order valence-electron chi connectivity index (χ1n) is 6.09. The molecule has 0 saturated carbocycles. The van der Waals surface area contributed by atoms with E-state index in [1.807, 2.05) is 13.8 Å². The predicted molar refractivity (Wildman–Crippen MR) is 71.6 cm³/mol. The molecule has 0 radical (unpaired) electrons. The van der Waals surface area contributed by atoms with Crippen molar-refractivity contribution < 1.29 is 13.9 Å². The minimum absolute atomic E-state index is 0.255. The van der Waals surface area contributed by atoms with E-state index in [-0.39, 0.29) is 12.1 Å². The molecule has 102 valence electrons. The van der Waals surface area contributed by atoms with E-state index in [2.05, 4.69) is 5.32 Å². The number of benzene rings is 1. The maximum absolute atomic E-state index is 13.4. The SMILES string of the molecule is CCOC(CCNc1cc(Cl)ccc1F)OCC. The maximum Gasteiger partial charge on any atom is 0.159 e. The summed E-state index contributed by atoms with van der Waals surface area (Å²) >= 11 is 5.80. The molecule has 0 bridgehead atoms. The van der Waals surface area contributed by atoms with Gasteiger partial charge in [-0.2, -0.15) is 0 Å². The highest BCUT2D eigenvalue weighted by Crippen LogP contribution is 2.19. The zero-order valence-electron chi connectivity index (χ0n) is 10.7. The Hall–Kier alpha value is -0.840. The molecule has 0 fully saturated rings. The van der Waals surface area contributed by atoms with Crippen LogP contribution in [0.15, 0.2) is 18.2 Å².